The quantitative estimate of drug-likeness (QED) is 0.628. The maximum atomic E-state index is 4.59. The number of alkyl halides is 1. The average Bonchev–Trinajstić information content (AvgIpc) is 2.67. The average molecular weight is 322 g/mol. The first-order chi connectivity index (χ1) is 6.88. The minimum atomic E-state index is 1.04. The Balaban J connectivity index is 1.89. The summed E-state index contributed by atoms with van der Waals surface area (Å²) in [5.74, 6) is 0. The van der Waals surface area contributed by atoms with Crippen molar-refractivity contribution in [3.8, 4) is 0 Å². The number of hydrogen-bond donors (Lipinski definition) is 0. The van der Waals surface area contributed by atoms with Crippen LogP contribution in [0.4, 0.5) is 0 Å². The van der Waals surface area contributed by atoms with E-state index in [0.717, 1.165) is 11.0 Å². The molecule has 1 fully saturated rings. The summed E-state index contributed by atoms with van der Waals surface area (Å²) in [6.45, 7) is 3.60. The first-order valence-electron chi connectivity index (χ1n) is 5.10. The highest BCUT2D eigenvalue weighted by Gasteiger charge is 2.11. The molecule has 0 radical (unpaired) electrons. The Morgan fingerprint density at radius 1 is 1.36 bits per heavy atom. The monoisotopic (exact) mass is 322 g/mol. The summed E-state index contributed by atoms with van der Waals surface area (Å²) in [6, 6.07) is 0. The van der Waals surface area contributed by atoms with E-state index in [0.29, 0.717) is 0 Å². The molecule has 0 bridgehead atoms. The molecule has 0 spiro atoms. The zero-order valence-corrected chi connectivity index (χ0v) is 11.2. The predicted octanol–water partition coefficient (Wildman–Crippen LogP) is 3.06. The van der Waals surface area contributed by atoms with Gasteiger partial charge in [-0.1, -0.05) is 29.0 Å². The van der Waals surface area contributed by atoms with Crippen LogP contribution in [0, 0.1) is 0 Å². The zero-order valence-electron chi connectivity index (χ0n) is 8.21. The lowest BCUT2D eigenvalue weighted by Crippen LogP contribution is -2.28. The van der Waals surface area contributed by atoms with Crippen LogP contribution in [-0.2, 0) is 11.0 Å². The van der Waals surface area contributed by atoms with Crippen LogP contribution >= 0.6 is 33.9 Å². The van der Waals surface area contributed by atoms with Crippen molar-refractivity contribution in [2.75, 3.05) is 13.1 Å². The fourth-order valence-electron chi connectivity index (χ4n) is 1.79. The summed E-state index contributed by atoms with van der Waals surface area (Å²) in [5, 5.41) is 3.48. The van der Waals surface area contributed by atoms with Crippen molar-refractivity contribution in [1.82, 2.24) is 9.88 Å². The van der Waals surface area contributed by atoms with Crippen molar-refractivity contribution in [2.24, 2.45) is 0 Å². The second kappa shape index (κ2) is 5.42. The summed E-state index contributed by atoms with van der Waals surface area (Å²) >= 11 is 4.18. The first-order valence-corrected chi connectivity index (χ1v) is 7.50. The molecule has 1 aromatic rings. The van der Waals surface area contributed by atoms with Gasteiger partial charge in [-0.25, -0.2) is 4.98 Å². The van der Waals surface area contributed by atoms with E-state index in [2.05, 4.69) is 37.9 Å². The second-order valence-corrected chi connectivity index (χ2v) is 5.41. The molecule has 2 heterocycles. The van der Waals surface area contributed by atoms with Gasteiger partial charge in [0.25, 0.3) is 0 Å². The van der Waals surface area contributed by atoms with Gasteiger partial charge < -0.3 is 0 Å². The van der Waals surface area contributed by atoms with Gasteiger partial charge in [0.1, 0.15) is 5.01 Å². The Morgan fingerprint density at radius 2 is 2.14 bits per heavy atom. The number of halogens is 1. The molecular weight excluding hydrogens is 307 g/mol. The van der Waals surface area contributed by atoms with E-state index in [1.165, 1.54) is 43.1 Å². The summed E-state index contributed by atoms with van der Waals surface area (Å²) in [4.78, 5) is 7.12. The standard InChI is InChI=1S/C10H15IN2S/c11-6-9-8-14-10(12-9)7-13-4-2-1-3-5-13/h8H,1-7H2. The molecule has 0 unspecified atom stereocenters. The van der Waals surface area contributed by atoms with E-state index in [-0.39, 0.29) is 0 Å². The SMILES string of the molecule is ICc1csc(CN2CCCCC2)n1. The van der Waals surface area contributed by atoms with Gasteiger partial charge in [-0.3, -0.25) is 4.90 Å². The Labute approximate surface area is 103 Å². The van der Waals surface area contributed by atoms with E-state index in [1.807, 2.05) is 11.3 Å². The highest BCUT2D eigenvalue weighted by atomic mass is 127. The maximum absolute atomic E-state index is 4.59. The van der Waals surface area contributed by atoms with E-state index < -0.39 is 0 Å². The lowest BCUT2D eigenvalue weighted by atomic mass is 10.1. The van der Waals surface area contributed by atoms with Crippen molar-refractivity contribution in [3.05, 3.63) is 16.1 Å². The Hall–Kier alpha value is 0.320. The Kier molecular flexibility index (Phi) is 4.19. The molecule has 1 aromatic heterocycles. The van der Waals surface area contributed by atoms with Gasteiger partial charge in [0.15, 0.2) is 0 Å². The van der Waals surface area contributed by atoms with Gasteiger partial charge >= 0.3 is 0 Å². The van der Waals surface area contributed by atoms with Crippen LogP contribution in [0.1, 0.15) is 30.0 Å². The van der Waals surface area contributed by atoms with Crippen LogP contribution in [-0.4, -0.2) is 23.0 Å². The van der Waals surface area contributed by atoms with E-state index in [4.69, 9.17) is 0 Å². The van der Waals surface area contributed by atoms with Crippen LogP contribution < -0.4 is 0 Å². The van der Waals surface area contributed by atoms with Crippen molar-refractivity contribution >= 4 is 33.9 Å². The van der Waals surface area contributed by atoms with Gasteiger partial charge in [0.05, 0.1) is 12.2 Å². The fourth-order valence-corrected chi connectivity index (χ4v) is 3.32. The number of aromatic nitrogens is 1. The third-order valence-electron chi connectivity index (χ3n) is 2.54. The van der Waals surface area contributed by atoms with E-state index >= 15 is 0 Å². The van der Waals surface area contributed by atoms with Gasteiger partial charge in [-0.2, -0.15) is 0 Å². The Bertz CT molecular complexity index is 281. The molecule has 1 aliphatic rings. The number of piperidine rings is 1. The zero-order chi connectivity index (χ0) is 9.80. The summed E-state index contributed by atoms with van der Waals surface area (Å²) < 4.78 is 1.04. The largest absolute Gasteiger partial charge is 0.297 e. The molecule has 0 atom stereocenters. The van der Waals surface area contributed by atoms with Crippen LogP contribution in [0.5, 0.6) is 0 Å². The van der Waals surface area contributed by atoms with Gasteiger partial charge in [0, 0.05) is 9.81 Å². The molecule has 0 aromatic carbocycles. The maximum Gasteiger partial charge on any atom is 0.107 e. The molecule has 0 aliphatic carbocycles. The van der Waals surface area contributed by atoms with Gasteiger partial charge in [-0.05, 0) is 25.9 Å². The molecule has 4 heteroatoms. The van der Waals surface area contributed by atoms with Gasteiger partial charge in [0.2, 0.25) is 0 Å². The van der Waals surface area contributed by atoms with Crippen molar-refractivity contribution in [2.45, 2.75) is 30.2 Å². The predicted molar refractivity (Wildman–Crippen MR) is 69.0 cm³/mol. The Morgan fingerprint density at radius 3 is 2.79 bits per heavy atom. The molecule has 14 heavy (non-hydrogen) atoms. The fraction of sp³-hybridized carbons (Fsp3) is 0.700. The molecule has 2 nitrogen and oxygen atoms in total. The highest BCUT2D eigenvalue weighted by Crippen LogP contribution is 2.17. The summed E-state index contributed by atoms with van der Waals surface area (Å²) in [6.07, 6.45) is 4.14. The van der Waals surface area contributed by atoms with Crippen molar-refractivity contribution in [3.63, 3.8) is 0 Å². The second-order valence-electron chi connectivity index (χ2n) is 3.70. The van der Waals surface area contributed by atoms with Crippen LogP contribution in [0.3, 0.4) is 0 Å². The number of nitrogens with zero attached hydrogens (tertiary/aromatic N) is 2. The minimum absolute atomic E-state index is 1.04. The number of likely N-dealkylation sites (tertiary alicyclic amines) is 1. The highest BCUT2D eigenvalue weighted by molar-refractivity contribution is 14.1. The summed E-state index contributed by atoms with van der Waals surface area (Å²) in [7, 11) is 0. The minimum Gasteiger partial charge on any atom is -0.297 e. The van der Waals surface area contributed by atoms with E-state index in [1.54, 1.807) is 0 Å². The van der Waals surface area contributed by atoms with E-state index in [9.17, 15) is 0 Å². The molecule has 1 saturated heterocycles. The molecule has 78 valence electrons. The third-order valence-corrected chi connectivity index (χ3v) is 4.21. The number of hydrogen-bond acceptors (Lipinski definition) is 3. The van der Waals surface area contributed by atoms with Crippen LogP contribution in [0.15, 0.2) is 5.38 Å². The number of thiazole rings is 1. The lowest BCUT2D eigenvalue weighted by molar-refractivity contribution is 0.220. The lowest BCUT2D eigenvalue weighted by Gasteiger charge is -2.25. The molecule has 0 N–H and O–H groups in total. The molecule has 0 amide bonds. The van der Waals surface area contributed by atoms with Crippen molar-refractivity contribution in [1.29, 1.82) is 0 Å². The molecular formula is C10H15IN2S. The molecule has 2 rings (SSSR count). The smallest absolute Gasteiger partial charge is 0.107 e. The normalized spacial score (nSPS) is 18.6. The van der Waals surface area contributed by atoms with Crippen LogP contribution in [0.25, 0.3) is 0 Å². The van der Waals surface area contributed by atoms with Crippen LogP contribution in [0.2, 0.25) is 0 Å². The topological polar surface area (TPSA) is 16.1 Å². The first kappa shape index (κ1) is 10.8. The molecule has 0 saturated carbocycles. The van der Waals surface area contributed by atoms with Crippen molar-refractivity contribution < 1.29 is 0 Å². The number of rotatable bonds is 3. The third kappa shape index (κ3) is 2.90. The van der Waals surface area contributed by atoms with Gasteiger partial charge in [-0.15, -0.1) is 11.3 Å². The summed E-state index contributed by atoms with van der Waals surface area (Å²) in [5.41, 5.74) is 1.24. The molecule has 1 aliphatic heterocycles.